The van der Waals surface area contributed by atoms with Crippen molar-refractivity contribution in [2.45, 2.75) is 50.0 Å². The third-order valence-corrected chi connectivity index (χ3v) is 1.40. The van der Waals surface area contributed by atoms with Crippen LogP contribution in [0.5, 0.6) is 0 Å². The predicted molar refractivity (Wildman–Crippen MR) is 79.5 cm³/mol. The lowest BCUT2D eigenvalue weighted by Gasteiger charge is -2.02. The molecular weight excluding hydrogens is 248 g/mol. The van der Waals surface area contributed by atoms with E-state index in [4.69, 9.17) is 9.47 Å². The first-order valence-corrected chi connectivity index (χ1v) is 4.68. The number of carbonyl (C=O) groups excluding carboxylic acids is 3. The molecule has 0 aliphatic carbocycles. The predicted octanol–water partition coefficient (Wildman–Crippen LogP) is 2.70. The van der Waals surface area contributed by atoms with Crippen LogP contribution in [0.3, 0.4) is 0 Å². The summed E-state index contributed by atoms with van der Waals surface area (Å²) in [7, 11) is 0. The third kappa shape index (κ3) is 26.5. The van der Waals surface area contributed by atoms with Crippen LogP contribution in [0.4, 0.5) is 0 Å². The molecule has 0 aromatic rings. The van der Waals surface area contributed by atoms with E-state index < -0.39 is 0 Å². The van der Waals surface area contributed by atoms with Crippen molar-refractivity contribution < 1.29 is 23.9 Å². The summed E-state index contributed by atoms with van der Waals surface area (Å²) in [6.07, 6.45) is 0.200. The van der Waals surface area contributed by atoms with Gasteiger partial charge < -0.3 is 9.47 Å². The summed E-state index contributed by atoms with van der Waals surface area (Å²) in [5.41, 5.74) is 0. The van der Waals surface area contributed by atoms with Crippen molar-refractivity contribution in [3.63, 3.8) is 0 Å². The second kappa shape index (κ2) is 19.3. The molecule has 118 valence electrons. The van der Waals surface area contributed by atoms with Crippen LogP contribution in [0.2, 0.25) is 0 Å². The van der Waals surface area contributed by atoms with Crippen LogP contribution in [-0.4, -0.2) is 43.8 Å². The van der Waals surface area contributed by atoms with Crippen molar-refractivity contribution in [2.24, 2.45) is 0 Å². The van der Waals surface area contributed by atoms with Gasteiger partial charge in [-0.3, -0.25) is 14.4 Å². The van der Waals surface area contributed by atoms with E-state index in [1.54, 1.807) is 0 Å². The van der Waals surface area contributed by atoms with Gasteiger partial charge in [-0.25, -0.2) is 0 Å². The molecule has 0 aliphatic rings. The summed E-state index contributed by atoms with van der Waals surface area (Å²) in [5, 5.41) is 0. The molecule has 0 bridgehead atoms. The summed E-state index contributed by atoms with van der Waals surface area (Å²) in [6.45, 7) is 2.92. The van der Waals surface area contributed by atoms with E-state index in [0.717, 1.165) is 0 Å². The molecule has 0 aliphatic heterocycles. The van der Waals surface area contributed by atoms with Crippen LogP contribution in [0.1, 0.15) is 50.0 Å². The quantitative estimate of drug-likeness (QED) is 0.607. The lowest BCUT2D eigenvalue weighted by molar-refractivity contribution is -0.129. The van der Waals surface area contributed by atoms with E-state index in [-0.39, 0.29) is 79.9 Å². The van der Waals surface area contributed by atoms with Gasteiger partial charge in [0.1, 0.15) is 19.8 Å². The van der Waals surface area contributed by atoms with Crippen molar-refractivity contribution >= 4 is 17.3 Å². The molecule has 0 heterocycles. The van der Waals surface area contributed by atoms with Gasteiger partial charge in [-0.05, 0) is 13.8 Å². The van der Waals surface area contributed by atoms with Crippen molar-refractivity contribution in [1.29, 1.82) is 0 Å². The van der Waals surface area contributed by atoms with Crippen molar-refractivity contribution in [3.8, 4) is 0 Å². The maximum absolute atomic E-state index is 11.1. The highest BCUT2D eigenvalue weighted by Gasteiger charge is 2.03. The van der Waals surface area contributed by atoms with Gasteiger partial charge in [0.05, 0.1) is 6.61 Å². The number of carbonyl (C=O) groups is 3. The Labute approximate surface area is 118 Å². The van der Waals surface area contributed by atoms with E-state index in [9.17, 15) is 14.4 Å². The number of rotatable bonds is 9. The minimum atomic E-state index is -0.139. The van der Waals surface area contributed by atoms with E-state index >= 15 is 0 Å². The maximum Gasteiger partial charge on any atom is 0.160 e. The Morgan fingerprint density at radius 1 is 0.737 bits per heavy atom. The average Bonchev–Trinajstić information content (AvgIpc) is 2.11. The van der Waals surface area contributed by atoms with Gasteiger partial charge in [0, 0.05) is 6.42 Å². The molecule has 0 amide bonds. The monoisotopic (exact) mass is 280 g/mol. The molecule has 0 atom stereocenters. The van der Waals surface area contributed by atoms with Crippen molar-refractivity contribution in [2.75, 3.05) is 26.4 Å². The molecule has 0 unspecified atom stereocenters. The van der Waals surface area contributed by atoms with E-state index in [2.05, 4.69) is 0 Å². The van der Waals surface area contributed by atoms with Gasteiger partial charge in [0.25, 0.3) is 0 Å². The highest BCUT2D eigenvalue weighted by atomic mass is 16.5. The summed E-state index contributed by atoms with van der Waals surface area (Å²) in [6, 6.07) is 0. The number of hydrogen-bond donors (Lipinski definition) is 0. The molecule has 0 N–H and O–H groups in total. The first-order chi connectivity index (χ1) is 7.02. The molecule has 5 nitrogen and oxygen atoms in total. The number of hydrogen-bond acceptors (Lipinski definition) is 5. The fourth-order valence-electron chi connectivity index (χ4n) is 0.783. The number of Topliss-reactive ketones (excluding diaryl/α,β-unsaturated/α-hetero) is 3. The van der Waals surface area contributed by atoms with Gasteiger partial charge >= 0.3 is 0 Å². The zero-order valence-corrected chi connectivity index (χ0v) is 9.08. The van der Waals surface area contributed by atoms with Crippen LogP contribution in [0.25, 0.3) is 0 Å². The largest absolute Gasteiger partial charge is 0.373 e. The fraction of sp³-hybridized carbons (Fsp3) is 0.786. The molecule has 0 radical (unpaired) electrons. The molecule has 0 saturated carbocycles. The summed E-state index contributed by atoms with van der Waals surface area (Å²) in [4.78, 5) is 32.0. The Morgan fingerprint density at radius 2 is 1.16 bits per heavy atom. The Hall–Kier alpha value is -1.07. The zero-order valence-electron chi connectivity index (χ0n) is 9.08. The Morgan fingerprint density at radius 3 is 1.58 bits per heavy atom. The molecular formula is C14H32O5. The molecule has 0 aromatic heterocycles. The van der Waals surface area contributed by atoms with Gasteiger partial charge in [-0.2, -0.15) is 0 Å². The zero-order chi connectivity index (χ0) is 11.7. The smallest absolute Gasteiger partial charge is 0.160 e. The SMILES string of the molecule is C.C.C.C.CC(=O)COCCC(=O)COCC(C)=O. The lowest BCUT2D eigenvalue weighted by Crippen LogP contribution is -2.15. The molecule has 0 aromatic carbocycles. The lowest BCUT2D eigenvalue weighted by atomic mass is 10.3. The van der Waals surface area contributed by atoms with Crippen LogP contribution < -0.4 is 0 Å². The molecule has 0 spiro atoms. The van der Waals surface area contributed by atoms with Crippen molar-refractivity contribution in [1.82, 2.24) is 0 Å². The minimum absolute atomic E-state index is 0. The second-order valence-electron chi connectivity index (χ2n) is 3.24. The third-order valence-electron chi connectivity index (χ3n) is 1.40. The van der Waals surface area contributed by atoms with Crippen LogP contribution >= 0.6 is 0 Å². The molecule has 0 rings (SSSR count). The highest BCUT2D eigenvalue weighted by molar-refractivity contribution is 5.81. The maximum atomic E-state index is 11.1. The number of ketones is 3. The van der Waals surface area contributed by atoms with Crippen LogP contribution in [-0.2, 0) is 23.9 Å². The summed E-state index contributed by atoms with van der Waals surface area (Å²) < 4.78 is 9.71. The minimum Gasteiger partial charge on any atom is -0.373 e. The molecule has 0 saturated heterocycles. The van der Waals surface area contributed by atoms with Crippen LogP contribution in [0, 0.1) is 0 Å². The highest BCUT2D eigenvalue weighted by Crippen LogP contribution is 1.88. The standard InChI is InChI=1S/C10H16O5.4CH4/c1-8(11)5-14-4-3-10(13)7-15-6-9(2)12;;;;/h3-7H2,1-2H3;4*1H4. The fourth-order valence-corrected chi connectivity index (χ4v) is 0.783. The van der Waals surface area contributed by atoms with E-state index in [0.29, 0.717) is 0 Å². The van der Waals surface area contributed by atoms with Gasteiger partial charge in [0.15, 0.2) is 17.3 Å². The topological polar surface area (TPSA) is 69.7 Å². The Kier molecular flexibility index (Phi) is 31.2. The van der Waals surface area contributed by atoms with Crippen LogP contribution in [0.15, 0.2) is 0 Å². The number of ether oxygens (including phenoxy) is 2. The Balaban J connectivity index is -0.000000163. The van der Waals surface area contributed by atoms with Gasteiger partial charge in [-0.15, -0.1) is 0 Å². The normalized spacial score (nSPS) is 7.89. The Bertz CT molecular complexity index is 236. The molecule has 19 heavy (non-hydrogen) atoms. The summed E-state index contributed by atoms with van der Waals surface area (Å²) >= 11 is 0. The van der Waals surface area contributed by atoms with E-state index in [1.807, 2.05) is 0 Å². The second-order valence-corrected chi connectivity index (χ2v) is 3.24. The van der Waals surface area contributed by atoms with Gasteiger partial charge in [-0.1, -0.05) is 29.7 Å². The van der Waals surface area contributed by atoms with Crippen molar-refractivity contribution in [3.05, 3.63) is 0 Å². The molecule has 5 heteroatoms. The molecule has 0 fully saturated rings. The van der Waals surface area contributed by atoms with Gasteiger partial charge in [0.2, 0.25) is 0 Å². The van der Waals surface area contributed by atoms with E-state index in [1.165, 1.54) is 13.8 Å². The first-order valence-electron chi connectivity index (χ1n) is 4.68. The average molecular weight is 280 g/mol. The summed E-state index contributed by atoms with van der Waals surface area (Å²) in [5.74, 6) is -0.328. The first kappa shape index (κ1) is 30.7.